The highest BCUT2D eigenvalue weighted by atomic mass is 35.5. The van der Waals surface area contributed by atoms with E-state index in [-0.39, 0.29) is 23.4 Å². The van der Waals surface area contributed by atoms with Gasteiger partial charge in [0.25, 0.3) is 10.0 Å². The first-order chi connectivity index (χ1) is 18.4. The molecule has 0 spiro atoms. The smallest absolute Gasteiger partial charge is 0.264 e. The van der Waals surface area contributed by atoms with Crippen molar-refractivity contribution in [1.82, 2.24) is 10.2 Å². The molecule has 2 amide bonds. The van der Waals surface area contributed by atoms with Crippen molar-refractivity contribution in [3.8, 4) is 0 Å². The van der Waals surface area contributed by atoms with Gasteiger partial charge in [-0.3, -0.25) is 13.9 Å². The maximum atomic E-state index is 14.1. The molecule has 3 aromatic rings. The normalized spacial score (nSPS) is 12.2. The fourth-order valence-electron chi connectivity index (χ4n) is 4.30. The number of anilines is 1. The van der Waals surface area contributed by atoms with Crippen LogP contribution in [-0.4, -0.2) is 43.8 Å². The van der Waals surface area contributed by atoms with Crippen molar-refractivity contribution >= 4 is 39.1 Å². The van der Waals surface area contributed by atoms with E-state index >= 15 is 0 Å². The summed E-state index contributed by atoms with van der Waals surface area (Å²) in [5.41, 5.74) is 2.57. The summed E-state index contributed by atoms with van der Waals surface area (Å²) in [5.74, 6) is -0.789. The van der Waals surface area contributed by atoms with Gasteiger partial charge in [0.1, 0.15) is 12.6 Å². The SMILES string of the molecule is CC[C@@H](C(=O)NC(C)C)N(Cc1ccccc1)C(=O)CN(c1cccc(Cl)c1C)S(=O)(=O)c1ccc(C)cc1. The highest BCUT2D eigenvalue weighted by molar-refractivity contribution is 7.92. The number of aryl methyl sites for hydroxylation is 1. The average molecular weight is 570 g/mol. The van der Waals surface area contributed by atoms with Crippen LogP contribution in [0.15, 0.2) is 77.7 Å². The summed E-state index contributed by atoms with van der Waals surface area (Å²) < 4.78 is 29.0. The molecule has 0 aliphatic rings. The lowest BCUT2D eigenvalue weighted by Crippen LogP contribution is -2.53. The number of halogens is 1. The fraction of sp³-hybridized carbons (Fsp3) is 0.333. The van der Waals surface area contributed by atoms with Crippen LogP contribution in [-0.2, 0) is 26.2 Å². The van der Waals surface area contributed by atoms with Gasteiger partial charge in [0.15, 0.2) is 0 Å². The van der Waals surface area contributed by atoms with Crippen molar-refractivity contribution in [3.05, 3.63) is 94.5 Å². The van der Waals surface area contributed by atoms with Crippen LogP contribution in [0.4, 0.5) is 5.69 Å². The molecular formula is C30H36ClN3O4S. The minimum absolute atomic E-state index is 0.0551. The Morgan fingerprint density at radius 3 is 2.15 bits per heavy atom. The summed E-state index contributed by atoms with van der Waals surface area (Å²) in [5, 5.41) is 3.28. The van der Waals surface area contributed by atoms with E-state index in [1.165, 1.54) is 17.0 Å². The zero-order valence-electron chi connectivity index (χ0n) is 23.0. The minimum Gasteiger partial charge on any atom is -0.352 e. The van der Waals surface area contributed by atoms with E-state index in [1.54, 1.807) is 37.3 Å². The number of hydrogen-bond acceptors (Lipinski definition) is 4. The zero-order chi connectivity index (χ0) is 28.7. The molecule has 0 saturated carbocycles. The Labute approximate surface area is 236 Å². The van der Waals surface area contributed by atoms with Gasteiger partial charge in [-0.2, -0.15) is 0 Å². The molecule has 1 atom stereocenters. The first kappa shape index (κ1) is 30.2. The maximum absolute atomic E-state index is 14.1. The molecule has 0 heterocycles. The molecule has 0 unspecified atom stereocenters. The van der Waals surface area contributed by atoms with Gasteiger partial charge < -0.3 is 10.2 Å². The van der Waals surface area contributed by atoms with Crippen molar-refractivity contribution in [1.29, 1.82) is 0 Å². The van der Waals surface area contributed by atoms with Crippen molar-refractivity contribution in [2.24, 2.45) is 0 Å². The van der Waals surface area contributed by atoms with Crippen molar-refractivity contribution < 1.29 is 18.0 Å². The Morgan fingerprint density at radius 2 is 1.56 bits per heavy atom. The topological polar surface area (TPSA) is 86.8 Å². The molecule has 0 fully saturated rings. The van der Waals surface area contributed by atoms with Crippen LogP contribution in [0, 0.1) is 13.8 Å². The van der Waals surface area contributed by atoms with Crippen LogP contribution in [0.2, 0.25) is 5.02 Å². The number of carbonyl (C=O) groups excluding carboxylic acids is 2. The van der Waals surface area contributed by atoms with Gasteiger partial charge in [-0.1, -0.05) is 72.6 Å². The van der Waals surface area contributed by atoms with E-state index < -0.39 is 28.5 Å². The quantitative estimate of drug-likeness (QED) is 0.331. The van der Waals surface area contributed by atoms with E-state index in [9.17, 15) is 18.0 Å². The Morgan fingerprint density at radius 1 is 0.923 bits per heavy atom. The highest BCUT2D eigenvalue weighted by Crippen LogP contribution is 2.31. The van der Waals surface area contributed by atoms with Crippen LogP contribution in [0.5, 0.6) is 0 Å². The monoisotopic (exact) mass is 569 g/mol. The van der Waals surface area contributed by atoms with Crippen molar-refractivity contribution in [2.75, 3.05) is 10.8 Å². The number of sulfonamides is 1. The molecule has 39 heavy (non-hydrogen) atoms. The lowest BCUT2D eigenvalue weighted by Gasteiger charge is -2.34. The van der Waals surface area contributed by atoms with Gasteiger partial charge in [-0.15, -0.1) is 0 Å². The van der Waals surface area contributed by atoms with Crippen LogP contribution < -0.4 is 9.62 Å². The number of hydrogen-bond donors (Lipinski definition) is 1. The molecule has 3 aromatic carbocycles. The predicted molar refractivity (Wildman–Crippen MR) is 156 cm³/mol. The van der Waals surface area contributed by atoms with Crippen LogP contribution in [0.25, 0.3) is 0 Å². The van der Waals surface area contributed by atoms with Crippen molar-refractivity contribution in [2.45, 2.75) is 64.6 Å². The van der Waals surface area contributed by atoms with Gasteiger partial charge in [0.2, 0.25) is 11.8 Å². The van der Waals surface area contributed by atoms with Crippen LogP contribution in [0.3, 0.4) is 0 Å². The summed E-state index contributed by atoms with van der Waals surface area (Å²) in [6.45, 7) is 8.77. The second kappa shape index (κ2) is 13.1. The second-order valence-corrected chi connectivity index (χ2v) is 12.1. The number of rotatable bonds is 11. The fourth-order valence-corrected chi connectivity index (χ4v) is 5.94. The number of amides is 2. The van der Waals surface area contributed by atoms with E-state index in [0.717, 1.165) is 15.4 Å². The van der Waals surface area contributed by atoms with E-state index in [0.29, 0.717) is 22.7 Å². The molecule has 208 valence electrons. The summed E-state index contributed by atoms with van der Waals surface area (Å²) in [4.78, 5) is 28.7. The van der Waals surface area contributed by atoms with Crippen LogP contribution in [0.1, 0.15) is 43.9 Å². The molecule has 0 aliphatic heterocycles. The summed E-state index contributed by atoms with van der Waals surface area (Å²) in [6, 6.07) is 19.8. The van der Waals surface area contributed by atoms with Gasteiger partial charge in [0.05, 0.1) is 10.6 Å². The third kappa shape index (κ3) is 7.40. The standard InChI is InChI=1S/C30H36ClN3O4S/c1-6-27(30(36)32-21(2)3)33(19-24-11-8-7-9-12-24)29(35)20-34(28-14-10-13-26(31)23(28)5)39(37,38)25-17-15-22(4)16-18-25/h7-18,21,27H,6,19-20H2,1-5H3,(H,32,36)/t27-/m0/s1. The summed E-state index contributed by atoms with van der Waals surface area (Å²) in [7, 11) is -4.16. The van der Waals surface area contributed by atoms with Gasteiger partial charge in [-0.05, 0) is 69.5 Å². The number of nitrogens with one attached hydrogen (secondary N) is 1. The minimum atomic E-state index is -4.16. The molecule has 3 rings (SSSR count). The van der Waals surface area contributed by atoms with E-state index in [1.807, 2.05) is 58.0 Å². The highest BCUT2D eigenvalue weighted by Gasteiger charge is 2.34. The lowest BCUT2D eigenvalue weighted by molar-refractivity contribution is -0.140. The van der Waals surface area contributed by atoms with E-state index in [4.69, 9.17) is 11.6 Å². The first-order valence-electron chi connectivity index (χ1n) is 12.9. The molecule has 0 aliphatic carbocycles. The molecule has 0 radical (unpaired) electrons. The Bertz CT molecular complexity index is 1390. The Hall–Kier alpha value is -3.36. The van der Waals surface area contributed by atoms with E-state index in [2.05, 4.69) is 5.32 Å². The molecule has 0 bridgehead atoms. The first-order valence-corrected chi connectivity index (χ1v) is 14.8. The maximum Gasteiger partial charge on any atom is 0.264 e. The van der Waals surface area contributed by atoms with Gasteiger partial charge in [-0.25, -0.2) is 8.42 Å². The molecular weight excluding hydrogens is 534 g/mol. The Balaban J connectivity index is 2.09. The Kier molecular flexibility index (Phi) is 10.2. The van der Waals surface area contributed by atoms with Gasteiger partial charge in [0, 0.05) is 17.6 Å². The third-order valence-corrected chi connectivity index (χ3v) is 8.59. The second-order valence-electron chi connectivity index (χ2n) is 9.80. The third-order valence-electron chi connectivity index (χ3n) is 6.41. The number of benzene rings is 3. The summed E-state index contributed by atoms with van der Waals surface area (Å²) in [6.07, 6.45) is 0.359. The average Bonchev–Trinajstić information content (AvgIpc) is 2.89. The number of nitrogens with zero attached hydrogens (tertiary/aromatic N) is 2. The predicted octanol–water partition coefficient (Wildman–Crippen LogP) is 5.48. The molecule has 1 N–H and O–H groups in total. The zero-order valence-corrected chi connectivity index (χ0v) is 24.6. The molecule has 0 aromatic heterocycles. The molecule has 7 nitrogen and oxygen atoms in total. The molecule has 0 saturated heterocycles. The summed E-state index contributed by atoms with van der Waals surface area (Å²) >= 11 is 6.37. The largest absolute Gasteiger partial charge is 0.352 e. The van der Waals surface area contributed by atoms with Crippen LogP contribution >= 0.6 is 11.6 Å². The van der Waals surface area contributed by atoms with Crippen molar-refractivity contribution in [3.63, 3.8) is 0 Å². The molecule has 9 heteroatoms. The lowest BCUT2D eigenvalue weighted by atomic mass is 10.1. The number of carbonyl (C=O) groups is 2. The van der Waals surface area contributed by atoms with Gasteiger partial charge >= 0.3 is 0 Å².